The van der Waals surface area contributed by atoms with E-state index in [2.05, 4.69) is 12.2 Å². The predicted molar refractivity (Wildman–Crippen MR) is 198 cm³/mol. The van der Waals surface area contributed by atoms with Gasteiger partial charge in [-0.25, -0.2) is 4.79 Å². The van der Waals surface area contributed by atoms with Crippen LogP contribution in [-0.4, -0.2) is 33.9 Å². The number of amides is 1. The first kappa shape index (κ1) is 38.6. The number of anilines is 1. The first-order valence-corrected chi connectivity index (χ1v) is 19.3. The molecule has 0 aliphatic carbocycles. The number of carboxylic acid groups (broad SMARTS) is 1. The number of unbranched alkanes of at least 4 members (excludes halogenated alkanes) is 12. The number of hydrogen-bond acceptors (Lipinski definition) is 6. The Balaban J connectivity index is 1.25. The average molecular weight is 690 g/mol. The van der Waals surface area contributed by atoms with Crippen LogP contribution in [0.15, 0.2) is 77.7 Å². The van der Waals surface area contributed by atoms with Crippen molar-refractivity contribution in [3.8, 4) is 0 Å². The number of rotatable bonds is 22. The Kier molecular flexibility index (Phi) is 17.2. The minimum Gasteiger partial charge on any atom is -0.478 e. The van der Waals surface area contributed by atoms with Crippen LogP contribution in [0.2, 0.25) is 0 Å². The fraction of sp³-hybridized carbons (Fsp3) is 0.512. The summed E-state index contributed by atoms with van der Waals surface area (Å²) in [6, 6.07) is 22.3. The van der Waals surface area contributed by atoms with Gasteiger partial charge in [-0.05, 0) is 53.9 Å². The number of ether oxygens (including phenoxy) is 2. The van der Waals surface area contributed by atoms with Crippen LogP contribution in [0, 0.1) is 0 Å². The molecule has 3 atom stereocenters. The maximum absolute atomic E-state index is 12.8. The number of aromatic carboxylic acids is 1. The molecular weight excluding hydrogens is 635 g/mol. The summed E-state index contributed by atoms with van der Waals surface area (Å²) in [5.41, 5.74) is 3.66. The van der Waals surface area contributed by atoms with Crippen molar-refractivity contribution in [2.45, 2.75) is 133 Å². The van der Waals surface area contributed by atoms with Gasteiger partial charge in [0, 0.05) is 34.7 Å². The lowest BCUT2D eigenvalue weighted by Crippen LogP contribution is -2.31. The van der Waals surface area contributed by atoms with Crippen molar-refractivity contribution in [1.29, 1.82) is 0 Å². The summed E-state index contributed by atoms with van der Waals surface area (Å²) in [6.45, 7) is 2.24. The van der Waals surface area contributed by atoms with E-state index in [0.29, 0.717) is 18.6 Å². The van der Waals surface area contributed by atoms with Gasteiger partial charge in [0.05, 0.1) is 24.4 Å². The largest absolute Gasteiger partial charge is 0.478 e. The van der Waals surface area contributed by atoms with Crippen LogP contribution in [0.25, 0.3) is 0 Å². The molecule has 3 aromatic rings. The van der Waals surface area contributed by atoms with Crippen molar-refractivity contribution in [1.82, 2.24) is 0 Å². The second-order valence-electron chi connectivity index (χ2n) is 13.2. The smallest absolute Gasteiger partial charge is 0.335 e. The van der Waals surface area contributed by atoms with Crippen molar-refractivity contribution in [3.63, 3.8) is 0 Å². The highest BCUT2D eigenvalue weighted by atomic mass is 32.2. The molecule has 1 heterocycles. The van der Waals surface area contributed by atoms with Gasteiger partial charge >= 0.3 is 5.97 Å². The molecule has 1 aliphatic rings. The monoisotopic (exact) mass is 689 g/mol. The van der Waals surface area contributed by atoms with E-state index in [0.717, 1.165) is 40.1 Å². The van der Waals surface area contributed by atoms with Gasteiger partial charge in [0.25, 0.3) is 0 Å². The normalized spacial score (nSPS) is 17.6. The second kappa shape index (κ2) is 21.8. The highest BCUT2D eigenvalue weighted by molar-refractivity contribution is 7.99. The molecule has 1 amide bonds. The first-order chi connectivity index (χ1) is 23.9. The lowest BCUT2D eigenvalue weighted by Gasteiger charge is -2.36. The number of nitrogens with one attached hydrogen (secondary N) is 1. The van der Waals surface area contributed by atoms with Gasteiger partial charge in [-0.1, -0.05) is 120 Å². The Morgan fingerprint density at radius 3 is 2.02 bits per heavy atom. The molecule has 4 rings (SSSR count). The number of thioether (sulfide) groups is 1. The Bertz CT molecular complexity index is 1400. The van der Waals surface area contributed by atoms with Crippen molar-refractivity contribution >= 4 is 29.3 Å². The number of aliphatic hydroxyl groups excluding tert-OH is 1. The number of benzene rings is 3. The molecule has 0 aromatic heterocycles. The molecule has 8 heteroatoms. The van der Waals surface area contributed by atoms with E-state index in [1.54, 1.807) is 23.9 Å². The lowest BCUT2D eigenvalue weighted by molar-refractivity contribution is -0.245. The van der Waals surface area contributed by atoms with Crippen LogP contribution in [0.4, 0.5) is 5.69 Å². The van der Waals surface area contributed by atoms with Crippen LogP contribution >= 0.6 is 11.8 Å². The zero-order valence-corrected chi connectivity index (χ0v) is 29.9. The third-order valence-electron chi connectivity index (χ3n) is 9.10. The van der Waals surface area contributed by atoms with Crippen molar-refractivity contribution in [2.24, 2.45) is 0 Å². The van der Waals surface area contributed by atoms with Gasteiger partial charge in [-0.3, -0.25) is 4.79 Å². The molecule has 3 N–H and O–H groups in total. The van der Waals surface area contributed by atoms with Crippen LogP contribution in [0.5, 0.6) is 0 Å². The van der Waals surface area contributed by atoms with Gasteiger partial charge < -0.3 is 25.0 Å². The van der Waals surface area contributed by atoms with Crippen LogP contribution in [0.3, 0.4) is 0 Å². The van der Waals surface area contributed by atoms with E-state index < -0.39 is 12.3 Å². The molecule has 0 bridgehead atoms. The summed E-state index contributed by atoms with van der Waals surface area (Å²) < 4.78 is 13.0. The molecule has 49 heavy (non-hydrogen) atoms. The molecule has 1 fully saturated rings. The molecule has 0 radical (unpaired) electrons. The summed E-state index contributed by atoms with van der Waals surface area (Å²) in [4.78, 5) is 25.0. The average Bonchev–Trinajstić information content (AvgIpc) is 3.13. The molecule has 7 nitrogen and oxygen atoms in total. The highest BCUT2D eigenvalue weighted by Crippen LogP contribution is 2.40. The molecule has 1 aliphatic heterocycles. The molecule has 3 aromatic carbocycles. The summed E-state index contributed by atoms with van der Waals surface area (Å²) in [6.07, 6.45) is 16.8. The highest BCUT2D eigenvalue weighted by Gasteiger charge is 2.32. The summed E-state index contributed by atoms with van der Waals surface area (Å²) in [7, 11) is 0. The van der Waals surface area contributed by atoms with Crippen molar-refractivity contribution in [3.05, 3.63) is 95.1 Å². The van der Waals surface area contributed by atoms with Gasteiger partial charge in [-0.2, -0.15) is 0 Å². The Morgan fingerprint density at radius 2 is 1.41 bits per heavy atom. The quantitative estimate of drug-likeness (QED) is 0.0712. The van der Waals surface area contributed by atoms with E-state index in [1.807, 2.05) is 60.7 Å². The number of carbonyl (C=O) groups is 2. The molecule has 1 unspecified atom stereocenters. The Morgan fingerprint density at radius 1 is 0.776 bits per heavy atom. The van der Waals surface area contributed by atoms with E-state index >= 15 is 0 Å². The van der Waals surface area contributed by atoms with E-state index in [9.17, 15) is 19.8 Å². The topological polar surface area (TPSA) is 105 Å². The van der Waals surface area contributed by atoms with Crippen LogP contribution < -0.4 is 5.32 Å². The standard InChI is InChI=1S/C41H55NO6S/c1-2-3-4-5-6-7-8-9-10-11-12-13-14-18-39(44)42-35-17-15-16-34(27-35)41-47-36(30-49-37-25-23-33(24-26-37)40(45)46)28-38(48-41)32-21-19-31(29-43)20-22-32/h15-17,19-27,36,38,41,43H,2-14,18,28-30H2,1H3,(H,42,44)(H,45,46)/t36-,38+,41?/m0/s1. The van der Waals surface area contributed by atoms with E-state index in [-0.39, 0.29) is 30.3 Å². The Labute approximate surface area is 297 Å². The first-order valence-electron chi connectivity index (χ1n) is 18.3. The lowest BCUT2D eigenvalue weighted by atomic mass is 10.0. The molecule has 0 spiro atoms. The summed E-state index contributed by atoms with van der Waals surface area (Å²) >= 11 is 1.62. The van der Waals surface area contributed by atoms with Crippen LogP contribution in [0.1, 0.15) is 143 Å². The zero-order chi connectivity index (χ0) is 34.7. The number of aliphatic hydroxyl groups is 1. The van der Waals surface area contributed by atoms with E-state index in [1.165, 1.54) is 70.6 Å². The minimum atomic E-state index is -0.944. The molecular formula is C41H55NO6S. The second-order valence-corrected chi connectivity index (χ2v) is 14.3. The van der Waals surface area contributed by atoms with Gasteiger partial charge in [0.2, 0.25) is 5.91 Å². The third kappa shape index (κ3) is 13.9. The van der Waals surface area contributed by atoms with Crippen molar-refractivity contribution in [2.75, 3.05) is 11.1 Å². The van der Waals surface area contributed by atoms with Gasteiger partial charge in [0.1, 0.15) is 0 Å². The predicted octanol–water partition coefficient (Wildman–Crippen LogP) is 10.6. The zero-order valence-electron chi connectivity index (χ0n) is 29.1. The molecule has 266 valence electrons. The number of carbonyl (C=O) groups excluding carboxylic acids is 1. The fourth-order valence-electron chi connectivity index (χ4n) is 6.20. The SMILES string of the molecule is CCCCCCCCCCCCCCCC(=O)Nc1cccc(C2O[C@H](CSc3ccc(C(=O)O)cc3)C[C@H](c3ccc(CO)cc3)O2)c1. The maximum atomic E-state index is 12.8. The summed E-state index contributed by atoms with van der Waals surface area (Å²) in [5.74, 6) is -0.261. The maximum Gasteiger partial charge on any atom is 0.335 e. The van der Waals surface area contributed by atoms with Crippen LogP contribution in [-0.2, 0) is 20.9 Å². The van der Waals surface area contributed by atoms with Gasteiger partial charge in [-0.15, -0.1) is 11.8 Å². The molecule has 1 saturated heterocycles. The number of carboxylic acids is 1. The van der Waals surface area contributed by atoms with E-state index in [4.69, 9.17) is 9.47 Å². The van der Waals surface area contributed by atoms with Gasteiger partial charge in [0.15, 0.2) is 6.29 Å². The Hall–Kier alpha value is -3.17. The third-order valence-corrected chi connectivity index (χ3v) is 10.2. The number of hydrogen-bond donors (Lipinski definition) is 3. The fourth-order valence-corrected chi connectivity index (χ4v) is 7.12. The minimum absolute atomic E-state index is 0.0185. The van der Waals surface area contributed by atoms with Crippen molar-refractivity contribution < 1.29 is 29.3 Å². The molecule has 0 saturated carbocycles. The summed E-state index contributed by atoms with van der Waals surface area (Å²) in [5, 5.41) is 21.8.